The van der Waals surface area contributed by atoms with Crippen molar-refractivity contribution in [3.63, 3.8) is 0 Å². The Morgan fingerprint density at radius 1 is 1.19 bits per heavy atom. The van der Waals surface area contributed by atoms with Crippen LogP contribution in [-0.4, -0.2) is 33.0 Å². The number of nitro benzene ring substituents is 1. The first-order valence-electron chi connectivity index (χ1n) is 7.69. The Morgan fingerprint density at radius 2 is 1.81 bits per heavy atom. The number of esters is 1. The van der Waals surface area contributed by atoms with Gasteiger partial charge in [-0.2, -0.15) is 0 Å². The molecule has 9 heteroatoms. The quantitative estimate of drug-likeness (QED) is 0.435. The number of carbonyl (C=O) groups excluding carboxylic acids is 1. The van der Waals surface area contributed by atoms with Gasteiger partial charge in [0.2, 0.25) is 0 Å². The van der Waals surface area contributed by atoms with E-state index in [0.717, 1.165) is 16.4 Å². The highest BCUT2D eigenvalue weighted by Gasteiger charge is 2.24. The molecular weight excluding hydrogens is 360 g/mol. The largest absolute Gasteiger partial charge is 0.462 e. The molecule has 0 unspecified atom stereocenters. The van der Waals surface area contributed by atoms with Crippen molar-refractivity contribution in [2.75, 3.05) is 18.0 Å². The van der Waals surface area contributed by atoms with Gasteiger partial charge < -0.3 is 4.74 Å². The van der Waals surface area contributed by atoms with E-state index >= 15 is 0 Å². The number of nitrogens with zero attached hydrogens (tertiary/aromatic N) is 2. The fraction of sp³-hybridized carbons (Fsp3) is 0.235. The molecule has 0 aliphatic carbocycles. The molecule has 26 heavy (non-hydrogen) atoms. The summed E-state index contributed by atoms with van der Waals surface area (Å²) < 4.78 is 31.6. The van der Waals surface area contributed by atoms with Crippen molar-refractivity contribution in [1.82, 2.24) is 0 Å². The lowest BCUT2D eigenvalue weighted by molar-refractivity contribution is -0.384. The van der Waals surface area contributed by atoms with Crippen LogP contribution in [0.15, 0.2) is 47.4 Å². The normalized spacial score (nSPS) is 11.0. The first-order chi connectivity index (χ1) is 12.2. The summed E-state index contributed by atoms with van der Waals surface area (Å²) in [6.45, 7) is 3.60. The third-order valence-electron chi connectivity index (χ3n) is 3.77. The van der Waals surface area contributed by atoms with Gasteiger partial charge in [-0.15, -0.1) is 0 Å². The zero-order valence-electron chi connectivity index (χ0n) is 14.5. The van der Waals surface area contributed by atoms with Gasteiger partial charge in [0.25, 0.3) is 15.7 Å². The maximum absolute atomic E-state index is 12.8. The van der Waals surface area contributed by atoms with Gasteiger partial charge in [-0.3, -0.25) is 14.4 Å². The first-order valence-corrected chi connectivity index (χ1v) is 9.13. The standard InChI is InChI=1S/C17H18N2O6S/c1-4-25-17(20)13-6-5-12(2)16(11-13)18(3)26(23,24)15-9-7-14(8-10-15)19(21)22/h5-11H,4H2,1-3H3. The lowest BCUT2D eigenvalue weighted by atomic mass is 10.1. The molecule has 0 aliphatic rings. The molecule has 8 nitrogen and oxygen atoms in total. The number of ether oxygens (including phenoxy) is 1. The Bertz CT molecular complexity index is 938. The first kappa shape index (κ1) is 19.4. The molecule has 138 valence electrons. The van der Waals surface area contributed by atoms with Crippen LogP contribution in [-0.2, 0) is 14.8 Å². The maximum Gasteiger partial charge on any atom is 0.338 e. The van der Waals surface area contributed by atoms with Crippen molar-refractivity contribution in [1.29, 1.82) is 0 Å². The number of non-ortho nitro benzene ring substituents is 1. The molecule has 0 bridgehead atoms. The van der Waals surface area contributed by atoms with Gasteiger partial charge in [-0.05, 0) is 43.7 Å². The highest BCUT2D eigenvalue weighted by atomic mass is 32.2. The second kappa shape index (κ2) is 7.52. The fourth-order valence-electron chi connectivity index (χ4n) is 2.32. The second-order valence-corrected chi connectivity index (χ2v) is 7.41. The molecule has 0 saturated carbocycles. The van der Waals surface area contributed by atoms with Crippen molar-refractivity contribution in [3.8, 4) is 0 Å². The van der Waals surface area contributed by atoms with E-state index in [1.807, 2.05) is 0 Å². The summed E-state index contributed by atoms with van der Waals surface area (Å²) >= 11 is 0. The van der Waals surface area contributed by atoms with E-state index in [9.17, 15) is 23.3 Å². The Labute approximate surface area is 151 Å². The third-order valence-corrected chi connectivity index (χ3v) is 5.55. The van der Waals surface area contributed by atoms with Gasteiger partial charge in [-0.1, -0.05) is 6.07 Å². The van der Waals surface area contributed by atoms with Crippen LogP contribution in [0.4, 0.5) is 11.4 Å². The van der Waals surface area contributed by atoms with Crippen molar-refractivity contribution >= 4 is 27.4 Å². The molecule has 0 spiro atoms. The average molecular weight is 378 g/mol. The number of hydrogen-bond acceptors (Lipinski definition) is 6. The minimum absolute atomic E-state index is 0.0912. The van der Waals surface area contributed by atoms with Crippen molar-refractivity contribution in [2.45, 2.75) is 18.7 Å². The summed E-state index contributed by atoms with van der Waals surface area (Å²) in [4.78, 5) is 21.9. The summed E-state index contributed by atoms with van der Waals surface area (Å²) in [6.07, 6.45) is 0. The number of nitro groups is 1. The molecule has 2 aromatic carbocycles. The summed E-state index contributed by atoms with van der Waals surface area (Å²) in [5.74, 6) is -0.546. The number of sulfonamides is 1. The number of benzene rings is 2. The molecule has 0 heterocycles. The van der Waals surface area contributed by atoms with Gasteiger partial charge in [0.15, 0.2) is 0 Å². The van der Waals surface area contributed by atoms with Crippen LogP contribution in [0.5, 0.6) is 0 Å². The van der Waals surface area contributed by atoms with E-state index in [4.69, 9.17) is 4.74 Å². The summed E-state index contributed by atoms with van der Waals surface area (Å²) in [5.41, 5.74) is 0.991. The molecule has 0 aromatic heterocycles. The molecular formula is C17H18N2O6S. The van der Waals surface area contributed by atoms with Gasteiger partial charge in [0, 0.05) is 19.2 Å². The van der Waals surface area contributed by atoms with Crippen molar-refractivity contribution in [3.05, 3.63) is 63.7 Å². The Hall–Kier alpha value is -2.94. The average Bonchev–Trinajstić information content (AvgIpc) is 2.61. The van der Waals surface area contributed by atoms with E-state index in [-0.39, 0.29) is 22.8 Å². The van der Waals surface area contributed by atoms with Crippen LogP contribution in [0.3, 0.4) is 0 Å². The summed E-state index contributed by atoms with van der Waals surface area (Å²) in [5, 5.41) is 10.7. The van der Waals surface area contributed by atoms with Crippen LogP contribution in [0.1, 0.15) is 22.8 Å². The molecule has 0 aliphatic heterocycles. The molecule has 2 aromatic rings. The third kappa shape index (κ3) is 3.83. The highest BCUT2D eigenvalue weighted by molar-refractivity contribution is 7.92. The van der Waals surface area contributed by atoms with Gasteiger partial charge in [0.05, 0.1) is 27.7 Å². The zero-order valence-corrected chi connectivity index (χ0v) is 15.3. The SMILES string of the molecule is CCOC(=O)c1ccc(C)c(N(C)S(=O)(=O)c2ccc([N+](=O)[O-])cc2)c1. The molecule has 0 atom stereocenters. The Kier molecular flexibility index (Phi) is 5.61. The Balaban J connectivity index is 2.43. The Morgan fingerprint density at radius 3 is 2.35 bits per heavy atom. The number of anilines is 1. The molecule has 2 rings (SSSR count). The van der Waals surface area contributed by atoms with E-state index in [1.165, 1.54) is 25.2 Å². The van der Waals surface area contributed by atoms with Crippen LogP contribution in [0.25, 0.3) is 0 Å². The molecule has 0 N–H and O–H groups in total. The van der Waals surface area contributed by atoms with Gasteiger partial charge >= 0.3 is 5.97 Å². The molecule has 0 saturated heterocycles. The van der Waals surface area contributed by atoms with Crippen LogP contribution in [0.2, 0.25) is 0 Å². The van der Waals surface area contributed by atoms with Crippen LogP contribution < -0.4 is 4.31 Å². The topological polar surface area (TPSA) is 107 Å². The molecule has 0 radical (unpaired) electrons. The number of hydrogen-bond donors (Lipinski definition) is 0. The molecule has 0 amide bonds. The fourth-order valence-corrected chi connectivity index (χ4v) is 3.57. The lowest BCUT2D eigenvalue weighted by Crippen LogP contribution is -2.27. The van der Waals surface area contributed by atoms with E-state index in [2.05, 4.69) is 0 Å². The highest BCUT2D eigenvalue weighted by Crippen LogP contribution is 2.27. The predicted octanol–water partition coefficient (Wildman–Crippen LogP) is 2.91. The number of aryl methyl sites for hydroxylation is 1. The number of rotatable bonds is 6. The van der Waals surface area contributed by atoms with Crippen LogP contribution in [0, 0.1) is 17.0 Å². The lowest BCUT2D eigenvalue weighted by Gasteiger charge is -2.22. The van der Waals surface area contributed by atoms with E-state index in [0.29, 0.717) is 11.3 Å². The maximum atomic E-state index is 12.8. The van der Waals surface area contributed by atoms with Gasteiger partial charge in [0.1, 0.15) is 0 Å². The van der Waals surface area contributed by atoms with Gasteiger partial charge in [-0.25, -0.2) is 13.2 Å². The smallest absolute Gasteiger partial charge is 0.338 e. The molecule has 0 fully saturated rings. The van der Waals surface area contributed by atoms with Crippen molar-refractivity contribution < 1.29 is 22.9 Å². The predicted molar refractivity (Wildman–Crippen MR) is 95.8 cm³/mol. The minimum Gasteiger partial charge on any atom is -0.462 e. The second-order valence-electron chi connectivity index (χ2n) is 5.45. The van der Waals surface area contributed by atoms with E-state index in [1.54, 1.807) is 26.0 Å². The zero-order chi connectivity index (χ0) is 19.5. The van der Waals surface area contributed by atoms with E-state index < -0.39 is 20.9 Å². The minimum atomic E-state index is -3.95. The van der Waals surface area contributed by atoms with Crippen molar-refractivity contribution in [2.24, 2.45) is 0 Å². The monoisotopic (exact) mass is 378 g/mol. The summed E-state index contributed by atoms with van der Waals surface area (Å²) in [6, 6.07) is 9.23. The number of carbonyl (C=O) groups is 1. The van der Waals surface area contributed by atoms with Crippen LogP contribution >= 0.6 is 0 Å². The summed E-state index contributed by atoms with van der Waals surface area (Å²) in [7, 11) is -2.60.